The lowest BCUT2D eigenvalue weighted by Gasteiger charge is -2.16. The summed E-state index contributed by atoms with van der Waals surface area (Å²) >= 11 is 0. The minimum atomic E-state index is -0.844. The molecule has 4 heteroatoms. The van der Waals surface area contributed by atoms with Crippen molar-refractivity contribution in [2.45, 2.75) is 32.1 Å². The predicted octanol–water partition coefficient (Wildman–Crippen LogP) is 2.58. The first-order valence-electron chi connectivity index (χ1n) is 6.60. The van der Waals surface area contributed by atoms with E-state index in [1.165, 1.54) is 24.0 Å². The molecule has 0 amide bonds. The summed E-state index contributed by atoms with van der Waals surface area (Å²) in [4.78, 5) is 10.8. The van der Waals surface area contributed by atoms with Crippen LogP contribution in [0.2, 0.25) is 0 Å². The second-order valence-corrected chi connectivity index (χ2v) is 5.02. The maximum absolute atomic E-state index is 10.8. The number of H-pyrrole nitrogens is 1. The number of nitrogens with zero attached hydrogens (tertiary/aromatic N) is 1. The van der Waals surface area contributed by atoms with Gasteiger partial charge < -0.3 is 5.11 Å². The van der Waals surface area contributed by atoms with E-state index in [1.807, 2.05) is 0 Å². The molecule has 1 heterocycles. The van der Waals surface area contributed by atoms with Gasteiger partial charge in [0.05, 0.1) is 18.3 Å². The van der Waals surface area contributed by atoms with Gasteiger partial charge in [0.1, 0.15) is 0 Å². The molecule has 4 nitrogen and oxygen atoms in total. The van der Waals surface area contributed by atoms with E-state index in [4.69, 9.17) is 5.11 Å². The van der Waals surface area contributed by atoms with Gasteiger partial charge in [0.2, 0.25) is 0 Å². The van der Waals surface area contributed by atoms with E-state index in [2.05, 4.69) is 28.4 Å². The molecule has 0 saturated carbocycles. The summed E-state index contributed by atoms with van der Waals surface area (Å²) in [5.74, 6) is -0.844. The van der Waals surface area contributed by atoms with Crippen LogP contribution in [0.25, 0.3) is 11.1 Å². The van der Waals surface area contributed by atoms with Gasteiger partial charge in [-0.2, -0.15) is 5.10 Å². The zero-order valence-electron chi connectivity index (χ0n) is 10.6. The SMILES string of the molecule is O=C(O)Cc1[nH]ncc1-c1ccc2c(c1)CCCC2. The van der Waals surface area contributed by atoms with Crippen LogP contribution in [-0.2, 0) is 24.1 Å². The van der Waals surface area contributed by atoms with Crippen LogP contribution in [0.15, 0.2) is 24.4 Å². The van der Waals surface area contributed by atoms with Gasteiger partial charge in [-0.1, -0.05) is 18.2 Å². The van der Waals surface area contributed by atoms with Crippen molar-refractivity contribution in [2.75, 3.05) is 0 Å². The number of carboxylic acids is 1. The van der Waals surface area contributed by atoms with Gasteiger partial charge in [-0.05, 0) is 42.4 Å². The van der Waals surface area contributed by atoms with Crippen LogP contribution < -0.4 is 0 Å². The van der Waals surface area contributed by atoms with Crippen LogP contribution in [0.4, 0.5) is 0 Å². The van der Waals surface area contributed by atoms with Crippen molar-refractivity contribution in [1.82, 2.24) is 10.2 Å². The van der Waals surface area contributed by atoms with Crippen LogP contribution in [-0.4, -0.2) is 21.3 Å². The van der Waals surface area contributed by atoms with Crippen molar-refractivity contribution < 1.29 is 9.90 Å². The van der Waals surface area contributed by atoms with Crippen molar-refractivity contribution in [3.63, 3.8) is 0 Å². The molecule has 1 aliphatic carbocycles. The number of benzene rings is 1. The minimum Gasteiger partial charge on any atom is -0.481 e. The number of hydrogen-bond acceptors (Lipinski definition) is 2. The molecule has 0 bridgehead atoms. The summed E-state index contributed by atoms with van der Waals surface area (Å²) in [7, 11) is 0. The number of carboxylic acid groups (broad SMARTS) is 1. The first-order valence-corrected chi connectivity index (χ1v) is 6.60. The summed E-state index contributed by atoms with van der Waals surface area (Å²) in [5.41, 5.74) is 5.45. The number of aryl methyl sites for hydroxylation is 2. The lowest BCUT2D eigenvalue weighted by molar-refractivity contribution is -0.136. The van der Waals surface area contributed by atoms with Crippen molar-refractivity contribution in [3.05, 3.63) is 41.2 Å². The van der Waals surface area contributed by atoms with Crippen molar-refractivity contribution in [3.8, 4) is 11.1 Å². The highest BCUT2D eigenvalue weighted by Gasteiger charge is 2.14. The van der Waals surface area contributed by atoms with E-state index in [9.17, 15) is 4.79 Å². The molecule has 0 unspecified atom stereocenters. The molecule has 0 spiro atoms. The number of hydrogen-bond donors (Lipinski definition) is 2. The van der Waals surface area contributed by atoms with Crippen LogP contribution >= 0.6 is 0 Å². The normalized spacial score (nSPS) is 14.1. The second kappa shape index (κ2) is 4.88. The topological polar surface area (TPSA) is 66.0 Å². The first-order chi connectivity index (χ1) is 9.24. The predicted molar refractivity (Wildman–Crippen MR) is 72.0 cm³/mol. The molecular formula is C15H16N2O2. The molecule has 98 valence electrons. The van der Waals surface area contributed by atoms with Gasteiger partial charge in [-0.25, -0.2) is 0 Å². The Morgan fingerprint density at radius 1 is 1.26 bits per heavy atom. The summed E-state index contributed by atoms with van der Waals surface area (Å²) in [6, 6.07) is 6.42. The van der Waals surface area contributed by atoms with E-state index >= 15 is 0 Å². The van der Waals surface area contributed by atoms with Crippen molar-refractivity contribution >= 4 is 5.97 Å². The number of rotatable bonds is 3. The molecule has 0 aliphatic heterocycles. The summed E-state index contributed by atoms with van der Waals surface area (Å²) in [6.07, 6.45) is 6.47. The molecule has 1 aromatic heterocycles. The van der Waals surface area contributed by atoms with Gasteiger partial charge in [-0.15, -0.1) is 0 Å². The van der Waals surface area contributed by atoms with Crippen LogP contribution in [0, 0.1) is 0 Å². The molecule has 0 fully saturated rings. The third-order valence-electron chi connectivity index (χ3n) is 3.71. The van der Waals surface area contributed by atoms with E-state index in [0.717, 1.165) is 24.0 Å². The Balaban J connectivity index is 1.98. The number of aromatic nitrogens is 2. The van der Waals surface area contributed by atoms with Crippen LogP contribution in [0.1, 0.15) is 29.7 Å². The Kier molecular flexibility index (Phi) is 3.07. The Bertz CT molecular complexity index is 616. The van der Waals surface area contributed by atoms with Crippen molar-refractivity contribution in [1.29, 1.82) is 0 Å². The maximum Gasteiger partial charge on any atom is 0.309 e. The van der Waals surface area contributed by atoms with E-state index in [1.54, 1.807) is 6.20 Å². The minimum absolute atomic E-state index is 0.0214. The third-order valence-corrected chi connectivity index (χ3v) is 3.71. The second-order valence-electron chi connectivity index (χ2n) is 5.02. The zero-order chi connectivity index (χ0) is 13.2. The molecule has 3 rings (SSSR count). The molecule has 0 atom stereocenters. The van der Waals surface area contributed by atoms with Gasteiger partial charge in [0, 0.05) is 5.56 Å². The third kappa shape index (κ3) is 2.38. The Hall–Kier alpha value is -2.10. The molecule has 19 heavy (non-hydrogen) atoms. The molecule has 2 aromatic rings. The van der Waals surface area contributed by atoms with Crippen LogP contribution in [0.5, 0.6) is 0 Å². The Morgan fingerprint density at radius 3 is 2.84 bits per heavy atom. The molecule has 0 radical (unpaired) electrons. The number of fused-ring (bicyclic) bond motifs is 1. The standard InChI is InChI=1S/C15H16N2O2/c18-15(19)8-14-13(9-16-17-14)12-6-5-10-3-1-2-4-11(10)7-12/h5-7,9H,1-4,8H2,(H,16,17)(H,18,19). The quantitative estimate of drug-likeness (QED) is 0.887. The Morgan fingerprint density at radius 2 is 2.05 bits per heavy atom. The fourth-order valence-corrected chi connectivity index (χ4v) is 2.75. The van der Waals surface area contributed by atoms with Gasteiger partial charge in [0.25, 0.3) is 0 Å². The summed E-state index contributed by atoms with van der Waals surface area (Å²) in [5, 5.41) is 15.7. The molecule has 2 N–H and O–H groups in total. The highest BCUT2D eigenvalue weighted by atomic mass is 16.4. The van der Waals surface area contributed by atoms with Crippen molar-refractivity contribution in [2.24, 2.45) is 0 Å². The lowest BCUT2D eigenvalue weighted by Crippen LogP contribution is -2.04. The molecular weight excluding hydrogens is 240 g/mol. The van der Waals surface area contributed by atoms with E-state index in [-0.39, 0.29) is 6.42 Å². The average molecular weight is 256 g/mol. The highest BCUT2D eigenvalue weighted by Crippen LogP contribution is 2.28. The number of aromatic amines is 1. The number of aliphatic carboxylic acids is 1. The summed E-state index contributed by atoms with van der Waals surface area (Å²) in [6.45, 7) is 0. The van der Waals surface area contributed by atoms with Gasteiger partial charge in [0.15, 0.2) is 0 Å². The fraction of sp³-hybridized carbons (Fsp3) is 0.333. The highest BCUT2D eigenvalue weighted by molar-refractivity contribution is 5.75. The summed E-state index contributed by atoms with van der Waals surface area (Å²) < 4.78 is 0. The maximum atomic E-state index is 10.8. The lowest BCUT2D eigenvalue weighted by atomic mass is 9.89. The largest absolute Gasteiger partial charge is 0.481 e. The monoisotopic (exact) mass is 256 g/mol. The smallest absolute Gasteiger partial charge is 0.309 e. The zero-order valence-corrected chi connectivity index (χ0v) is 10.6. The van der Waals surface area contributed by atoms with Gasteiger partial charge >= 0.3 is 5.97 Å². The fourth-order valence-electron chi connectivity index (χ4n) is 2.75. The molecule has 1 aliphatic rings. The number of carbonyl (C=O) groups is 1. The van der Waals surface area contributed by atoms with E-state index < -0.39 is 5.97 Å². The van der Waals surface area contributed by atoms with E-state index in [0.29, 0.717) is 5.69 Å². The first kappa shape index (κ1) is 12.0. The average Bonchev–Trinajstić information content (AvgIpc) is 2.85. The molecule has 0 saturated heterocycles. The van der Waals surface area contributed by atoms with Crippen LogP contribution in [0.3, 0.4) is 0 Å². The Labute approximate surface area is 111 Å². The molecule has 1 aromatic carbocycles. The number of nitrogens with one attached hydrogen (secondary N) is 1. The van der Waals surface area contributed by atoms with Gasteiger partial charge in [-0.3, -0.25) is 9.89 Å².